The molecule has 19 heavy (non-hydrogen) atoms. The maximum atomic E-state index is 8.96. The summed E-state index contributed by atoms with van der Waals surface area (Å²) in [6.07, 6.45) is 4.85. The van der Waals surface area contributed by atoms with Gasteiger partial charge in [-0.3, -0.25) is 0 Å². The second-order valence-corrected chi connectivity index (χ2v) is 6.16. The van der Waals surface area contributed by atoms with Crippen molar-refractivity contribution in [3.8, 4) is 0 Å². The molecular formula is C17H27NO. The quantitative estimate of drug-likeness (QED) is 0.739. The van der Waals surface area contributed by atoms with Crippen LogP contribution in [0.25, 0.3) is 0 Å². The first-order valence-corrected chi connectivity index (χ1v) is 7.60. The zero-order valence-electron chi connectivity index (χ0n) is 12.2. The number of hydrogen-bond donors (Lipinski definition) is 2. The van der Waals surface area contributed by atoms with Gasteiger partial charge in [0.1, 0.15) is 0 Å². The number of benzene rings is 1. The number of aliphatic hydroxyl groups excluding tert-OH is 1. The molecule has 1 aromatic rings. The van der Waals surface area contributed by atoms with Gasteiger partial charge in [0, 0.05) is 12.6 Å². The number of rotatable bonds is 7. The van der Waals surface area contributed by atoms with Gasteiger partial charge < -0.3 is 10.4 Å². The van der Waals surface area contributed by atoms with Gasteiger partial charge in [-0.25, -0.2) is 0 Å². The van der Waals surface area contributed by atoms with Crippen LogP contribution in [-0.2, 0) is 0 Å². The van der Waals surface area contributed by atoms with Crippen LogP contribution < -0.4 is 5.32 Å². The average molecular weight is 261 g/mol. The lowest BCUT2D eigenvalue weighted by molar-refractivity contribution is 0.225. The van der Waals surface area contributed by atoms with Gasteiger partial charge in [-0.15, -0.1) is 0 Å². The molecule has 0 radical (unpaired) electrons. The summed E-state index contributed by atoms with van der Waals surface area (Å²) < 4.78 is 0. The van der Waals surface area contributed by atoms with Crippen LogP contribution in [0.2, 0.25) is 0 Å². The fourth-order valence-electron chi connectivity index (χ4n) is 2.83. The van der Waals surface area contributed by atoms with Crippen molar-refractivity contribution in [1.82, 2.24) is 5.32 Å². The molecule has 1 fully saturated rings. The van der Waals surface area contributed by atoms with Gasteiger partial charge in [0.05, 0.1) is 0 Å². The van der Waals surface area contributed by atoms with Gasteiger partial charge in [-0.05, 0) is 56.6 Å². The molecule has 1 aliphatic carbocycles. The summed E-state index contributed by atoms with van der Waals surface area (Å²) in [6, 6.07) is 9.62. The molecule has 0 spiro atoms. The lowest BCUT2D eigenvalue weighted by Gasteiger charge is -2.36. The molecule has 1 saturated carbocycles. The Bertz CT molecular complexity index is 385. The number of hydrogen-bond acceptors (Lipinski definition) is 2. The SMILES string of the molecule is Cc1cccc(C2CC(NCCCC(C)CO)C2)c1. The topological polar surface area (TPSA) is 32.3 Å². The Labute approximate surface area is 117 Å². The third-order valence-corrected chi connectivity index (χ3v) is 4.27. The zero-order valence-corrected chi connectivity index (χ0v) is 12.2. The van der Waals surface area contributed by atoms with E-state index in [0.717, 1.165) is 18.9 Å². The zero-order chi connectivity index (χ0) is 13.7. The Morgan fingerprint density at radius 1 is 1.37 bits per heavy atom. The van der Waals surface area contributed by atoms with Crippen LogP contribution in [-0.4, -0.2) is 24.3 Å². The van der Waals surface area contributed by atoms with Crippen molar-refractivity contribution in [2.75, 3.05) is 13.2 Å². The highest BCUT2D eigenvalue weighted by Gasteiger charge is 2.29. The molecular weight excluding hydrogens is 234 g/mol. The molecule has 2 heteroatoms. The summed E-state index contributed by atoms with van der Waals surface area (Å²) in [4.78, 5) is 0. The Balaban J connectivity index is 1.61. The van der Waals surface area contributed by atoms with E-state index in [-0.39, 0.29) is 0 Å². The minimum atomic E-state index is 0.318. The molecule has 106 valence electrons. The summed E-state index contributed by atoms with van der Waals surface area (Å²) >= 11 is 0. The molecule has 1 aliphatic rings. The van der Waals surface area contributed by atoms with Crippen molar-refractivity contribution in [2.45, 2.75) is 51.5 Å². The third kappa shape index (κ3) is 4.32. The van der Waals surface area contributed by atoms with Gasteiger partial charge >= 0.3 is 0 Å². The monoisotopic (exact) mass is 261 g/mol. The van der Waals surface area contributed by atoms with E-state index in [9.17, 15) is 0 Å². The van der Waals surface area contributed by atoms with E-state index >= 15 is 0 Å². The van der Waals surface area contributed by atoms with Crippen LogP contribution in [0.4, 0.5) is 0 Å². The Morgan fingerprint density at radius 2 is 2.16 bits per heavy atom. The maximum Gasteiger partial charge on any atom is 0.0456 e. The molecule has 1 unspecified atom stereocenters. The molecule has 0 amide bonds. The van der Waals surface area contributed by atoms with E-state index in [2.05, 4.69) is 43.4 Å². The number of aliphatic hydroxyl groups is 1. The van der Waals surface area contributed by atoms with Gasteiger partial charge in [0.25, 0.3) is 0 Å². The molecule has 1 atom stereocenters. The van der Waals surface area contributed by atoms with E-state index in [1.165, 1.54) is 30.4 Å². The molecule has 2 N–H and O–H groups in total. The van der Waals surface area contributed by atoms with Gasteiger partial charge in [-0.1, -0.05) is 36.8 Å². The van der Waals surface area contributed by atoms with Gasteiger partial charge in [0.2, 0.25) is 0 Å². The lowest BCUT2D eigenvalue weighted by Crippen LogP contribution is -2.40. The highest BCUT2D eigenvalue weighted by Crippen LogP contribution is 2.37. The highest BCUT2D eigenvalue weighted by molar-refractivity contribution is 5.27. The largest absolute Gasteiger partial charge is 0.396 e. The van der Waals surface area contributed by atoms with Crippen molar-refractivity contribution in [2.24, 2.45) is 5.92 Å². The van der Waals surface area contributed by atoms with Crippen molar-refractivity contribution >= 4 is 0 Å². The fourth-order valence-corrected chi connectivity index (χ4v) is 2.83. The molecule has 0 aromatic heterocycles. The second kappa shape index (κ2) is 7.06. The van der Waals surface area contributed by atoms with Crippen LogP contribution in [0, 0.1) is 12.8 Å². The first kappa shape index (κ1) is 14.5. The van der Waals surface area contributed by atoms with E-state index in [1.54, 1.807) is 0 Å². The van der Waals surface area contributed by atoms with E-state index in [4.69, 9.17) is 5.11 Å². The Morgan fingerprint density at radius 3 is 2.84 bits per heavy atom. The minimum absolute atomic E-state index is 0.318. The molecule has 0 aliphatic heterocycles. The van der Waals surface area contributed by atoms with Crippen LogP contribution in [0.3, 0.4) is 0 Å². The van der Waals surface area contributed by atoms with Crippen LogP contribution >= 0.6 is 0 Å². The Kier molecular flexibility index (Phi) is 5.41. The van der Waals surface area contributed by atoms with Crippen LogP contribution in [0.15, 0.2) is 24.3 Å². The lowest BCUT2D eigenvalue weighted by atomic mass is 9.75. The molecule has 0 heterocycles. The smallest absolute Gasteiger partial charge is 0.0456 e. The fraction of sp³-hybridized carbons (Fsp3) is 0.647. The van der Waals surface area contributed by atoms with Crippen molar-refractivity contribution in [1.29, 1.82) is 0 Å². The van der Waals surface area contributed by atoms with Crippen LogP contribution in [0.1, 0.15) is 49.7 Å². The summed E-state index contributed by atoms with van der Waals surface area (Å²) in [7, 11) is 0. The molecule has 1 aromatic carbocycles. The van der Waals surface area contributed by atoms with E-state index in [0.29, 0.717) is 18.6 Å². The summed E-state index contributed by atoms with van der Waals surface area (Å²) in [5, 5.41) is 12.6. The van der Waals surface area contributed by atoms with Crippen LogP contribution in [0.5, 0.6) is 0 Å². The third-order valence-electron chi connectivity index (χ3n) is 4.27. The average Bonchev–Trinajstić information content (AvgIpc) is 2.35. The predicted octanol–water partition coefficient (Wildman–Crippen LogP) is 3.24. The molecule has 0 bridgehead atoms. The minimum Gasteiger partial charge on any atom is -0.396 e. The molecule has 0 saturated heterocycles. The van der Waals surface area contributed by atoms with Gasteiger partial charge in [0.15, 0.2) is 0 Å². The Hall–Kier alpha value is -0.860. The van der Waals surface area contributed by atoms with Crippen molar-refractivity contribution in [3.63, 3.8) is 0 Å². The molecule has 2 rings (SSSR count). The van der Waals surface area contributed by atoms with Crippen molar-refractivity contribution in [3.05, 3.63) is 35.4 Å². The standard InChI is InChI=1S/C17H27NO/c1-13-5-3-7-15(9-13)16-10-17(11-16)18-8-4-6-14(2)12-19/h3,5,7,9,14,16-19H,4,6,8,10-12H2,1-2H3. The predicted molar refractivity (Wildman–Crippen MR) is 80.4 cm³/mol. The van der Waals surface area contributed by atoms with E-state index < -0.39 is 0 Å². The number of aryl methyl sites for hydroxylation is 1. The first-order chi connectivity index (χ1) is 9.19. The maximum absolute atomic E-state index is 8.96. The summed E-state index contributed by atoms with van der Waals surface area (Å²) in [5.74, 6) is 1.21. The summed E-state index contributed by atoms with van der Waals surface area (Å²) in [5.41, 5.74) is 2.87. The van der Waals surface area contributed by atoms with Gasteiger partial charge in [-0.2, -0.15) is 0 Å². The second-order valence-electron chi connectivity index (χ2n) is 6.16. The van der Waals surface area contributed by atoms with E-state index in [1.807, 2.05) is 0 Å². The molecule has 2 nitrogen and oxygen atoms in total. The number of nitrogens with one attached hydrogen (secondary N) is 1. The first-order valence-electron chi connectivity index (χ1n) is 7.60. The highest BCUT2D eigenvalue weighted by atomic mass is 16.3. The summed E-state index contributed by atoms with van der Waals surface area (Å²) in [6.45, 7) is 5.69. The van der Waals surface area contributed by atoms with Crippen molar-refractivity contribution < 1.29 is 5.11 Å². The normalized spacial score (nSPS) is 23.9.